The van der Waals surface area contributed by atoms with Crippen LogP contribution in [-0.4, -0.2) is 33.9 Å². The lowest BCUT2D eigenvalue weighted by atomic mass is 10.1. The zero-order valence-corrected chi connectivity index (χ0v) is 15.3. The highest BCUT2D eigenvalue weighted by molar-refractivity contribution is 5.85. The van der Waals surface area contributed by atoms with Crippen LogP contribution in [0.3, 0.4) is 0 Å². The van der Waals surface area contributed by atoms with Gasteiger partial charge in [0.05, 0.1) is 30.0 Å². The standard InChI is InChI=1S/C22H19N3O3/c26-20(25-9-1-2-10-25)14-15-7-8-16-17(13-15)24-22(19-6-4-12-28-19)21(23-16)18-5-3-11-27-18/h3-8,11-13H,1-2,9-10,14H2. The van der Waals surface area contributed by atoms with Crippen molar-refractivity contribution in [3.8, 4) is 22.9 Å². The molecule has 0 bridgehead atoms. The van der Waals surface area contributed by atoms with Crippen LogP contribution in [0.1, 0.15) is 18.4 Å². The molecule has 1 aliphatic rings. The molecule has 1 aromatic carbocycles. The molecule has 6 heteroatoms. The summed E-state index contributed by atoms with van der Waals surface area (Å²) in [5.41, 5.74) is 3.67. The number of hydrogen-bond donors (Lipinski definition) is 0. The fraction of sp³-hybridized carbons (Fsp3) is 0.227. The van der Waals surface area contributed by atoms with Gasteiger partial charge in [0.1, 0.15) is 11.4 Å². The number of furan rings is 2. The van der Waals surface area contributed by atoms with E-state index in [4.69, 9.17) is 18.8 Å². The van der Waals surface area contributed by atoms with Crippen LogP contribution in [0, 0.1) is 0 Å². The number of amides is 1. The fourth-order valence-corrected chi connectivity index (χ4v) is 3.63. The van der Waals surface area contributed by atoms with E-state index in [1.807, 2.05) is 47.4 Å². The maximum absolute atomic E-state index is 12.5. The smallest absolute Gasteiger partial charge is 0.226 e. The predicted octanol–water partition coefficient (Wildman–Crippen LogP) is 4.31. The highest BCUT2D eigenvalue weighted by Crippen LogP contribution is 2.31. The zero-order chi connectivity index (χ0) is 18.9. The Kier molecular flexibility index (Phi) is 4.16. The lowest BCUT2D eigenvalue weighted by molar-refractivity contribution is -0.129. The van der Waals surface area contributed by atoms with Gasteiger partial charge in [0.25, 0.3) is 0 Å². The van der Waals surface area contributed by atoms with Crippen molar-refractivity contribution in [2.75, 3.05) is 13.1 Å². The Labute approximate surface area is 161 Å². The van der Waals surface area contributed by atoms with Gasteiger partial charge in [0.15, 0.2) is 11.5 Å². The number of fused-ring (bicyclic) bond motifs is 1. The molecule has 0 radical (unpaired) electrons. The number of hydrogen-bond acceptors (Lipinski definition) is 5. The fourth-order valence-electron chi connectivity index (χ4n) is 3.63. The molecule has 0 unspecified atom stereocenters. The summed E-state index contributed by atoms with van der Waals surface area (Å²) in [5.74, 6) is 1.43. The summed E-state index contributed by atoms with van der Waals surface area (Å²) < 4.78 is 11.1. The summed E-state index contributed by atoms with van der Waals surface area (Å²) in [5, 5.41) is 0. The van der Waals surface area contributed by atoms with Crippen molar-refractivity contribution in [2.24, 2.45) is 0 Å². The third-order valence-electron chi connectivity index (χ3n) is 5.05. The normalized spacial score (nSPS) is 14.1. The summed E-state index contributed by atoms with van der Waals surface area (Å²) in [4.78, 5) is 24.0. The molecule has 0 atom stereocenters. The number of likely N-dealkylation sites (tertiary alicyclic amines) is 1. The van der Waals surface area contributed by atoms with Gasteiger partial charge in [-0.25, -0.2) is 9.97 Å². The molecule has 3 aromatic heterocycles. The molecular weight excluding hydrogens is 354 g/mol. The summed E-state index contributed by atoms with van der Waals surface area (Å²) >= 11 is 0. The first-order valence-electron chi connectivity index (χ1n) is 9.44. The van der Waals surface area contributed by atoms with Crippen molar-refractivity contribution in [2.45, 2.75) is 19.3 Å². The third kappa shape index (κ3) is 3.07. The molecule has 28 heavy (non-hydrogen) atoms. The van der Waals surface area contributed by atoms with Crippen molar-refractivity contribution in [1.29, 1.82) is 0 Å². The predicted molar refractivity (Wildman–Crippen MR) is 104 cm³/mol. The van der Waals surface area contributed by atoms with Gasteiger partial charge in [-0.3, -0.25) is 4.79 Å². The van der Waals surface area contributed by atoms with Gasteiger partial charge in [-0.15, -0.1) is 0 Å². The van der Waals surface area contributed by atoms with Gasteiger partial charge in [-0.1, -0.05) is 6.07 Å². The number of benzene rings is 1. The molecule has 0 saturated carbocycles. The van der Waals surface area contributed by atoms with E-state index in [1.54, 1.807) is 12.5 Å². The molecule has 0 aliphatic carbocycles. The number of carbonyl (C=O) groups excluding carboxylic acids is 1. The summed E-state index contributed by atoms with van der Waals surface area (Å²) in [6.07, 6.45) is 5.79. The lowest BCUT2D eigenvalue weighted by Crippen LogP contribution is -2.29. The molecule has 1 saturated heterocycles. The molecular formula is C22H19N3O3. The minimum absolute atomic E-state index is 0.170. The van der Waals surface area contributed by atoms with E-state index in [2.05, 4.69) is 0 Å². The Bertz CT molecular complexity index is 1110. The van der Waals surface area contributed by atoms with Gasteiger partial charge in [-0.2, -0.15) is 0 Å². The molecule has 4 heterocycles. The molecule has 1 amide bonds. The van der Waals surface area contributed by atoms with Crippen molar-refractivity contribution in [1.82, 2.24) is 14.9 Å². The van der Waals surface area contributed by atoms with E-state index in [9.17, 15) is 4.79 Å². The van der Waals surface area contributed by atoms with Crippen LogP contribution in [0.5, 0.6) is 0 Å². The minimum Gasteiger partial charge on any atom is -0.463 e. The number of carbonyl (C=O) groups is 1. The first-order valence-corrected chi connectivity index (χ1v) is 9.44. The molecule has 5 rings (SSSR count). The Morgan fingerprint density at radius 2 is 1.54 bits per heavy atom. The minimum atomic E-state index is 0.170. The average Bonchev–Trinajstić information content (AvgIpc) is 3.50. The van der Waals surface area contributed by atoms with E-state index in [1.165, 1.54) is 0 Å². The maximum Gasteiger partial charge on any atom is 0.226 e. The van der Waals surface area contributed by atoms with Gasteiger partial charge in [-0.05, 0) is 54.8 Å². The van der Waals surface area contributed by atoms with E-state index >= 15 is 0 Å². The molecule has 4 aromatic rings. The summed E-state index contributed by atoms with van der Waals surface area (Å²) in [7, 11) is 0. The van der Waals surface area contributed by atoms with E-state index in [0.29, 0.717) is 29.3 Å². The van der Waals surface area contributed by atoms with E-state index in [-0.39, 0.29) is 5.91 Å². The number of aromatic nitrogens is 2. The zero-order valence-electron chi connectivity index (χ0n) is 15.3. The first-order chi connectivity index (χ1) is 13.8. The van der Waals surface area contributed by atoms with Crippen molar-refractivity contribution in [3.05, 3.63) is 60.6 Å². The number of nitrogens with zero attached hydrogens (tertiary/aromatic N) is 3. The van der Waals surface area contributed by atoms with Gasteiger partial charge >= 0.3 is 0 Å². The second kappa shape index (κ2) is 6.96. The van der Waals surface area contributed by atoms with Gasteiger partial charge < -0.3 is 13.7 Å². The van der Waals surface area contributed by atoms with Crippen LogP contribution in [0.15, 0.2) is 63.8 Å². The van der Waals surface area contributed by atoms with Gasteiger partial charge in [0, 0.05) is 13.1 Å². The second-order valence-corrected chi connectivity index (χ2v) is 6.96. The average molecular weight is 373 g/mol. The summed E-state index contributed by atoms with van der Waals surface area (Å²) in [6.45, 7) is 1.72. The first kappa shape index (κ1) is 16.7. The second-order valence-electron chi connectivity index (χ2n) is 6.96. The van der Waals surface area contributed by atoms with Crippen LogP contribution < -0.4 is 0 Å². The van der Waals surface area contributed by atoms with Crippen molar-refractivity contribution in [3.63, 3.8) is 0 Å². The van der Waals surface area contributed by atoms with Crippen LogP contribution in [0.2, 0.25) is 0 Å². The number of rotatable bonds is 4. The van der Waals surface area contributed by atoms with Gasteiger partial charge in [0.2, 0.25) is 5.91 Å². The van der Waals surface area contributed by atoms with Crippen molar-refractivity contribution < 1.29 is 13.6 Å². The third-order valence-corrected chi connectivity index (χ3v) is 5.05. The van der Waals surface area contributed by atoms with Crippen molar-refractivity contribution >= 4 is 16.9 Å². The monoisotopic (exact) mass is 373 g/mol. The molecule has 1 aliphatic heterocycles. The Balaban J connectivity index is 1.56. The highest BCUT2D eigenvalue weighted by Gasteiger charge is 2.20. The lowest BCUT2D eigenvalue weighted by Gasteiger charge is -2.15. The maximum atomic E-state index is 12.5. The quantitative estimate of drug-likeness (QED) is 0.533. The Hall–Kier alpha value is -3.41. The van der Waals surface area contributed by atoms with E-state index in [0.717, 1.165) is 42.5 Å². The largest absolute Gasteiger partial charge is 0.463 e. The van der Waals surface area contributed by atoms with Crippen LogP contribution >= 0.6 is 0 Å². The van der Waals surface area contributed by atoms with Crippen LogP contribution in [0.25, 0.3) is 33.9 Å². The van der Waals surface area contributed by atoms with Crippen LogP contribution in [0.4, 0.5) is 0 Å². The van der Waals surface area contributed by atoms with E-state index < -0.39 is 0 Å². The molecule has 1 fully saturated rings. The topological polar surface area (TPSA) is 72.4 Å². The SMILES string of the molecule is O=C(Cc1ccc2nc(-c3ccco3)c(-c3ccco3)nc2c1)N1CCCC1. The molecule has 6 nitrogen and oxygen atoms in total. The Morgan fingerprint density at radius 3 is 2.14 bits per heavy atom. The highest BCUT2D eigenvalue weighted by atomic mass is 16.3. The van der Waals surface area contributed by atoms with Crippen LogP contribution in [-0.2, 0) is 11.2 Å². The summed E-state index contributed by atoms with van der Waals surface area (Å²) in [6, 6.07) is 13.1. The Morgan fingerprint density at radius 1 is 0.893 bits per heavy atom. The molecule has 140 valence electrons. The molecule has 0 N–H and O–H groups in total. The molecule has 0 spiro atoms.